The molecule has 0 fully saturated rings. The predicted molar refractivity (Wildman–Crippen MR) is 29.7 cm³/mol. The van der Waals surface area contributed by atoms with E-state index in [1.165, 1.54) is 11.3 Å². The van der Waals surface area contributed by atoms with Crippen LogP contribution in [0.4, 0.5) is 0 Å². The average molecular weight is 120 g/mol. The summed E-state index contributed by atoms with van der Waals surface area (Å²) in [5.41, 5.74) is 0. The van der Waals surface area contributed by atoms with Crippen molar-refractivity contribution in [2.45, 2.75) is 0 Å². The normalized spacial score (nSPS) is 7.62. The van der Waals surface area contributed by atoms with E-state index < -0.39 is 0 Å². The van der Waals surface area contributed by atoms with Crippen LogP contribution in [0.2, 0.25) is 0 Å². The van der Waals surface area contributed by atoms with E-state index in [-0.39, 0.29) is 18.9 Å². The molecule has 0 aliphatic heterocycles. The standard InChI is InChI=1S/C5H5OS.Li/c1-6-5-3-2-4-7-5;/h2-3H,1H3;/q-1;+1. The van der Waals surface area contributed by atoms with Gasteiger partial charge in [-0.1, -0.05) is 0 Å². The Morgan fingerprint density at radius 3 is 2.75 bits per heavy atom. The molecule has 0 aromatic carbocycles. The van der Waals surface area contributed by atoms with Gasteiger partial charge in [0.2, 0.25) is 0 Å². The Balaban J connectivity index is 0.000000490. The van der Waals surface area contributed by atoms with Gasteiger partial charge in [0.15, 0.2) is 0 Å². The molecule has 0 spiro atoms. The maximum absolute atomic E-state index is 4.84. The molecule has 1 aromatic rings. The summed E-state index contributed by atoms with van der Waals surface area (Å²) in [6.45, 7) is 0. The summed E-state index contributed by atoms with van der Waals surface area (Å²) in [5, 5.41) is 3.81. The topological polar surface area (TPSA) is 9.23 Å². The van der Waals surface area contributed by atoms with E-state index >= 15 is 0 Å². The summed E-state index contributed by atoms with van der Waals surface area (Å²) in [7, 11) is 1.65. The molecule has 0 N–H and O–H groups in total. The molecular formula is C5H5LiOS. The van der Waals surface area contributed by atoms with Crippen molar-refractivity contribution in [1.82, 2.24) is 0 Å². The van der Waals surface area contributed by atoms with Crippen molar-refractivity contribution in [2.24, 2.45) is 0 Å². The number of thiophene rings is 1. The maximum atomic E-state index is 4.84. The number of hydrogen-bond donors (Lipinski definition) is 0. The van der Waals surface area contributed by atoms with E-state index in [4.69, 9.17) is 4.74 Å². The number of methoxy groups -OCH3 is 1. The molecule has 0 atom stereocenters. The molecule has 1 heterocycles. The van der Waals surface area contributed by atoms with E-state index in [2.05, 4.69) is 5.38 Å². The van der Waals surface area contributed by atoms with Crippen LogP contribution in [0.1, 0.15) is 0 Å². The van der Waals surface area contributed by atoms with Gasteiger partial charge in [0.25, 0.3) is 0 Å². The summed E-state index contributed by atoms with van der Waals surface area (Å²) in [4.78, 5) is 0. The quantitative estimate of drug-likeness (QED) is 0.326. The predicted octanol–water partition coefficient (Wildman–Crippen LogP) is -1.44. The van der Waals surface area contributed by atoms with Gasteiger partial charge >= 0.3 is 18.9 Å². The Morgan fingerprint density at radius 1 is 1.75 bits per heavy atom. The van der Waals surface area contributed by atoms with Gasteiger partial charge in [0, 0.05) is 5.06 Å². The fraction of sp³-hybridized carbons (Fsp3) is 0.200. The van der Waals surface area contributed by atoms with Crippen molar-refractivity contribution in [3.05, 3.63) is 17.5 Å². The molecule has 0 aliphatic rings. The van der Waals surface area contributed by atoms with Crippen LogP contribution >= 0.6 is 11.3 Å². The van der Waals surface area contributed by atoms with Gasteiger partial charge in [-0.05, 0) is 0 Å². The SMILES string of the molecule is COc1cc[c-]s1.[Li+]. The summed E-state index contributed by atoms with van der Waals surface area (Å²) >= 11 is 1.48. The van der Waals surface area contributed by atoms with Crippen molar-refractivity contribution < 1.29 is 23.6 Å². The van der Waals surface area contributed by atoms with Crippen molar-refractivity contribution in [2.75, 3.05) is 7.11 Å². The molecule has 38 valence electrons. The van der Waals surface area contributed by atoms with Crippen molar-refractivity contribution in [3.63, 3.8) is 0 Å². The molecule has 0 saturated heterocycles. The first-order valence-electron chi connectivity index (χ1n) is 1.93. The number of rotatable bonds is 1. The van der Waals surface area contributed by atoms with E-state index in [0.717, 1.165) is 5.06 Å². The van der Waals surface area contributed by atoms with E-state index in [1.54, 1.807) is 7.11 Å². The smallest absolute Gasteiger partial charge is 0.555 e. The van der Waals surface area contributed by atoms with Crippen LogP contribution in [0.25, 0.3) is 0 Å². The molecule has 0 amide bonds. The Hall–Kier alpha value is 0.0974. The van der Waals surface area contributed by atoms with Crippen LogP contribution in [0.3, 0.4) is 0 Å². The minimum Gasteiger partial charge on any atom is -0.555 e. The average Bonchev–Trinajstić information content (AvgIpc) is 2.14. The molecule has 0 bridgehead atoms. The van der Waals surface area contributed by atoms with Crippen LogP contribution < -0.4 is 23.6 Å². The van der Waals surface area contributed by atoms with Gasteiger partial charge in [-0.15, -0.1) is 5.38 Å². The molecule has 1 aromatic heterocycles. The van der Waals surface area contributed by atoms with Gasteiger partial charge in [-0.25, -0.2) is 0 Å². The first-order valence-corrected chi connectivity index (χ1v) is 2.75. The molecule has 1 nitrogen and oxygen atoms in total. The summed E-state index contributed by atoms with van der Waals surface area (Å²) in [6, 6.07) is 3.72. The Kier molecular flexibility index (Phi) is 4.07. The minimum atomic E-state index is 0. The fourth-order valence-electron chi connectivity index (χ4n) is 0.338. The van der Waals surface area contributed by atoms with Crippen LogP contribution in [-0.2, 0) is 0 Å². The summed E-state index contributed by atoms with van der Waals surface area (Å²) in [6.07, 6.45) is 0. The molecule has 0 radical (unpaired) electrons. The zero-order valence-corrected chi connectivity index (χ0v) is 5.79. The third kappa shape index (κ3) is 1.91. The van der Waals surface area contributed by atoms with Crippen molar-refractivity contribution in [3.8, 4) is 5.06 Å². The van der Waals surface area contributed by atoms with Gasteiger partial charge in [0.1, 0.15) is 0 Å². The maximum Gasteiger partial charge on any atom is 1.00 e. The monoisotopic (exact) mass is 120 g/mol. The molecule has 0 saturated carbocycles. The van der Waals surface area contributed by atoms with Gasteiger partial charge in [0.05, 0.1) is 7.11 Å². The van der Waals surface area contributed by atoms with E-state index in [1.807, 2.05) is 12.1 Å². The third-order valence-electron chi connectivity index (χ3n) is 0.648. The molecule has 0 aliphatic carbocycles. The third-order valence-corrected chi connectivity index (χ3v) is 1.41. The Morgan fingerprint density at radius 2 is 2.50 bits per heavy atom. The summed E-state index contributed by atoms with van der Waals surface area (Å²) in [5.74, 6) is 0. The van der Waals surface area contributed by atoms with E-state index in [0.29, 0.717) is 0 Å². The van der Waals surface area contributed by atoms with Crippen molar-refractivity contribution in [1.29, 1.82) is 0 Å². The number of hydrogen-bond acceptors (Lipinski definition) is 2. The van der Waals surface area contributed by atoms with E-state index in [9.17, 15) is 0 Å². The van der Waals surface area contributed by atoms with Crippen LogP contribution in [0.15, 0.2) is 12.1 Å². The first kappa shape index (κ1) is 8.10. The zero-order valence-electron chi connectivity index (χ0n) is 4.97. The second kappa shape index (κ2) is 4.02. The Bertz CT molecular complexity index is 127. The van der Waals surface area contributed by atoms with Gasteiger partial charge in [-0.3, -0.25) is 11.3 Å². The van der Waals surface area contributed by atoms with Crippen molar-refractivity contribution >= 4 is 11.3 Å². The minimum absolute atomic E-state index is 0. The second-order valence-electron chi connectivity index (χ2n) is 1.08. The molecule has 8 heavy (non-hydrogen) atoms. The fourth-order valence-corrected chi connectivity index (χ4v) is 0.810. The van der Waals surface area contributed by atoms with Gasteiger partial charge in [-0.2, -0.15) is 12.1 Å². The van der Waals surface area contributed by atoms with Gasteiger partial charge < -0.3 is 4.74 Å². The van der Waals surface area contributed by atoms with Crippen LogP contribution in [0.5, 0.6) is 5.06 Å². The molecule has 3 heteroatoms. The largest absolute Gasteiger partial charge is 1.00 e. The molecule has 0 unspecified atom stereocenters. The summed E-state index contributed by atoms with van der Waals surface area (Å²) < 4.78 is 4.84. The van der Waals surface area contributed by atoms with Crippen LogP contribution in [-0.4, -0.2) is 7.11 Å². The number of ether oxygens (including phenoxy) is 1. The van der Waals surface area contributed by atoms with Crippen LogP contribution in [0, 0.1) is 5.38 Å². The molecular weight excluding hydrogens is 115 g/mol. The second-order valence-corrected chi connectivity index (χ2v) is 1.92. The Labute approximate surface area is 64.8 Å². The molecule has 1 rings (SSSR count). The zero-order chi connectivity index (χ0) is 5.11. The first-order chi connectivity index (χ1) is 3.43.